The number of rotatable bonds is 4. The first-order chi connectivity index (χ1) is 8.58. The van der Waals surface area contributed by atoms with Gasteiger partial charge in [-0.2, -0.15) is 0 Å². The van der Waals surface area contributed by atoms with Gasteiger partial charge < -0.3 is 10.4 Å². The van der Waals surface area contributed by atoms with Gasteiger partial charge in [-0.1, -0.05) is 17.7 Å². The molecule has 18 heavy (non-hydrogen) atoms. The largest absolute Gasteiger partial charge is 0.478 e. The number of aromatic carboxylic acids is 1. The second-order valence-electron chi connectivity index (χ2n) is 3.88. The van der Waals surface area contributed by atoms with Crippen molar-refractivity contribution in [3.05, 3.63) is 51.2 Å². The molecule has 1 atom stereocenters. The van der Waals surface area contributed by atoms with Crippen LogP contribution in [-0.4, -0.2) is 11.1 Å². The molecule has 0 fully saturated rings. The average Bonchev–Trinajstić information content (AvgIpc) is 2.81. The average molecular weight is 282 g/mol. The summed E-state index contributed by atoms with van der Waals surface area (Å²) in [6.07, 6.45) is 0. The minimum absolute atomic E-state index is 0.0431. The molecule has 0 saturated carbocycles. The number of anilines is 1. The molecule has 0 aliphatic carbocycles. The molecule has 0 radical (unpaired) electrons. The van der Waals surface area contributed by atoms with Crippen LogP contribution in [0.1, 0.15) is 28.2 Å². The third kappa shape index (κ3) is 2.83. The van der Waals surface area contributed by atoms with E-state index in [1.54, 1.807) is 23.5 Å². The van der Waals surface area contributed by atoms with E-state index in [0.717, 1.165) is 4.88 Å². The molecule has 1 aromatic carbocycles. The molecular formula is C13H12ClNO2S. The van der Waals surface area contributed by atoms with Crippen LogP contribution in [0.15, 0.2) is 35.7 Å². The number of carboxylic acids is 1. The van der Waals surface area contributed by atoms with Crippen molar-refractivity contribution < 1.29 is 9.90 Å². The highest BCUT2D eigenvalue weighted by Crippen LogP contribution is 2.27. The number of benzene rings is 1. The Labute approximate surface area is 114 Å². The van der Waals surface area contributed by atoms with E-state index >= 15 is 0 Å². The van der Waals surface area contributed by atoms with Crippen molar-refractivity contribution in [3.63, 3.8) is 0 Å². The lowest BCUT2D eigenvalue weighted by atomic mass is 10.1. The van der Waals surface area contributed by atoms with Crippen LogP contribution in [0.4, 0.5) is 5.69 Å². The first-order valence-corrected chi connectivity index (χ1v) is 6.66. The van der Waals surface area contributed by atoms with Gasteiger partial charge in [-0.15, -0.1) is 11.3 Å². The fourth-order valence-corrected chi connectivity index (χ4v) is 2.57. The summed E-state index contributed by atoms with van der Waals surface area (Å²) in [6.45, 7) is 1.98. The summed E-state index contributed by atoms with van der Waals surface area (Å²) < 4.78 is 0. The van der Waals surface area contributed by atoms with E-state index < -0.39 is 5.97 Å². The maximum atomic E-state index is 11.1. The van der Waals surface area contributed by atoms with Crippen LogP contribution >= 0.6 is 22.9 Å². The van der Waals surface area contributed by atoms with E-state index in [4.69, 9.17) is 16.7 Å². The fourth-order valence-electron chi connectivity index (χ4n) is 1.66. The Morgan fingerprint density at radius 2 is 2.22 bits per heavy atom. The van der Waals surface area contributed by atoms with Gasteiger partial charge in [-0.05, 0) is 36.6 Å². The highest BCUT2D eigenvalue weighted by atomic mass is 35.5. The van der Waals surface area contributed by atoms with Gasteiger partial charge >= 0.3 is 5.97 Å². The predicted octanol–water partition coefficient (Wildman–Crippen LogP) is 4.27. The van der Waals surface area contributed by atoms with Gasteiger partial charge in [0.15, 0.2) is 0 Å². The number of thiophene rings is 1. The van der Waals surface area contributed by atoms with Crippen LogP contribution in [0, 0.1) is 0 Å². The molecule has 0 amide bonds. The summed E-state index contributed by atoms with van der Waals surface area (Å²) in [4.78, 5) is 12.3. The third-order valence-electron chi connectivity index (χ3n) is 2.55. The van der Waals surface area contributed by atoms with Crippen LogP contribution in [0.2, 0.25) is 5.02 Å². The first kappa shape index (κ1) is 12.9. The zero-order valence-electron chi connectivity index (χ0n) is 9.68. The van der Waals surface area contributed by atoms with E-state index in [-0.39, 0.29) is 11.6 Å². The van der Waals surface area contributed by atoms with E-state index in [1.807, 2.05) is 24.4 Å². The van der Waals surface area contributed by atoms with Crippen LogP contribution in [0.5, 0.6) is 0 Å². The second kappa shape index (κ2) is 5.42. The molecule has 2 aromatic rings. The monoisotopic (exact) mass is 281 g/mol. The van der Waals surface area contributed by atoms with Crippen molar-refractivity contribution in [1.29, 1.82) is 0 Å². The number of carboxylic acid groups (broad SMARTS) is 1. The number of hydrogen-bond acceptors (Lipinski definition) is 3. The topological polar surface area (TPSA) is 49.3 Å². The molecule has 0 bridgehead atoms. The third-order valence-corrected chi connectivity index (χ3v) is 3.84. The second-order valence-corrected chi connectivity index (χ2v) is 5.29. The Hall–Kier alpha value is -1.52. The number of halogens is 1. The summed E-state index contributed by atoms with van der Waals surface area (Å²) >= 11 is 7.53. The molecule has 2 rings (SSSR count). The van der Waals surface area contributed by atoms with E-state index in [1.165, 1.54) is 6.07 Å². The quantitative estimate of drug-likeness (QED) is 0.880. The van der Waals surface area contributed by atoms with Gasteiger partial charge in [0, 0.05) is 9.90 Å². The highest BCUT2D eigenvalue weighted by molar-refractivity contribution is 7.10. The Bertz CT molecular complexity index is 554. The van der Waals surface area contributed by atoms with Crippen molar-refractivity contribution in [2.75, 3.05) is 5.32 Å². The van der Waals surface area contributed by atoms with Crippen molar-refractivity contribution in [3.8, 4) is 0 Å². The van der Waals surface area contributed by atoms with E-state index in [0.29, 0.717) is 10.7 Å². The summed E-state index contributed by atoms with van der Waals surface area (Å²) in [5.41, 5.74) is 0.763. The minimum atomic E-state index is -0.965. The van der Waals surface area contributed by atoms with Crippen LogP contribution < -0.4 is 5.32 Å². The molecule has 3 nitrogen and oxygen atoms in total. The zero-order chi connectivity index (χ0) is 13.1. The van der Waals surface area contributed by atoms with Crippen molar-refractivity contribution >= 4 is 34.6 Å². The van der Waals surface area contributed by atoms with E-state index in [9.17, 15) is 4.79 Å². The molecular weight excluding hydrogens is 270 g/mol. The normalized spacial score (nSPS) is 12.1. The molecule has 0 aliphatic rings. The van der Waals surface area contributed by atoms with Crippen molar-refractivity contribution in [1.82, 2.24) is 0 Å². The van der Waals surface area contributed by atoms with Gasteiger partial charge in [0.05, 0.1) is 17.3 Å². The van der Waals surface area contributed by atoms with Gasteiger partial charge in [0.1, 0.15) is 0 Å². The molecule has 5 heteroatoms. The maximum Gasteiger partial charge on any atom is 0.337 e. The molecule has 0 aliphatic heterocycles. The standard InChI is InChI=1S/C13H12ClNO2S/c1-8(12-3-2-6-18-12)15-11-7-9(14)4-5-10(11)13(16)17/h2-8,15H,1H3,(H,16,17). The number of carbonyl (C=O) groups is 1. The van der Waals surface area contributed by atoms with Gasteiger partial charge in [0.25, 0.3) is 0 Å². The molecule has 1 aromatic heterocycles. The Morgan fingerprint density at radius 1 is 1.44 bits per heavy atom. The Kier molecular flexibility index (Phi) is 3.89. The van der Waals surface area contributed by atoms with Gasteiger partial charge in [-0.25, -0.2) is 4.79 Å². The number of hydrogen-bond donors (Lipinski definition) is 2. The first-order valence-electron chi connectivity index (χ1n) is 5.40. The smallest absolute Gasteiger partial charge is 0.337 e. The fraction of sp³-hybridized carbons (Fsp3) is 0.154. The Morgan fingerprint density at radius 3 is 2.83 bits per heavy atom. The van der Waals surface area contributed by atoms with Crippen molar-refractivity contribution in [2.24, 2.45) is 0 Å². The predicted molar refractivity (Wildman–Crippen MR) is 74.8 cm³/mol. The van der Waals surface area contributed by atoms with Crippen LogP contribution in [0.3, 0.4) is 0 Å². The van der Waals surface area contributed by atoms with Crippen molar-refractivity contribution in [2.45, 2.75) is 13.0 Å². The summed E-state index contributed by atoms with van der Waals surface area (Å²) in [5.74, 6) is -0.965. The molecule has 1 unspecified atom stereocenters. The zero-order valence-corrected chi connectivity index (χ0v) is 11.3. The lowest BCUT2D eigenvalue weighted by Gasteiger charge is -2.15. The summed E-state index contributed by atoms with van der Waals surface area (Å²) in [6, 6.07) is 8.73. The van der Waals surface area contributed by atoms with Crippen LogP contribution in [-0.2, 0) is 0 Å². The molecule has 94 valence electrons. The molecule has 0 spiro atoms. The highest BCUT2D eigenvalue weighted by Gasteiger charge is 2.13. The van der Waals surface area contributed by atoms with Gasteiger partial charge in [-0.3, -0.25) is 0 Å². The molecule has 0 saturated heterocycles. The maximum absolute atomic E-state index is 11.1. The van der Waals surface area contributed by atoms with Gasteiger partial charge in [0.2, 0.25) is 0 Å². The lowest BCUT2D eigenvalue weighted by Crippen LogP contribution is -2.09. The van der Waals surface area contributed by atoms with E-state index in [2.05, 4.69) is 5.32 Å². The lowest BCUT2D eigenvalue weighted by molar-refractivity contribution is 0.0698. The van der Waals surface area contributed by atoms with Crippen LogP contribution in [0.25, 0.3) is 0 Å². The minimum Gasteiger partial charge on any atom is -0.478 e. The SMILES string of the molecule is CC(Nc1cc(Cl)ccc1C(=O)O)c1cccs1. The number of nitrogens with one attached hydrogen (secondary N) is 1. The summed E-state index contributed by atoms with van der Waals surface area (Å²) in [5, 5.41) is 14.8. The molecule has 1 heterocycles. The summed E-state index contributed by atoms with van der Waals surface area (Å²) in [7, 11) is 0. The Balaban J connectivity index is 2.28. The molecule has 2 N–H and O–H groups in total.